The maximum Gasteiger partial charge on any atom is 0.220 e. The molecule has 1 rings (SSSR count). The molecule has 0 aromatic carbocycles. The molecule has 1 aromatic heterocycles. The maximum absolute atomic E-state index is 11.0. The van der Waals surface area contributed by atoms with Crippen LogP contribution in [0.4, 0.5) is 0 Å². The Morgan fingerprint density at radius 1 is 1.82 bits per heavy atom. The van der Waals surface area contributed by atoms with E-state index in [2.05, 4.69) is 6.58 Å². The van der Waals surface area contributed by atoms with Gasteiger partial charge in [-0.1, -0.05) is 13.5 Å². The summed E-state index contributed by atoms with van der Waals surface area (Å²) < 4.78 is 4.99. The maximum atomic E-state index is 11.0. The van der Waals surface area contributed by atoms with Gasteiger partial charge in [-0.3, -0.25) is 4.79 Å². The Bertz CT molecular complexity index is 271. The monoisotopic (exact) mass is 150 g/mol. The third kappa shape index (κ3) is 1.40. The van der Waals surface area contributed by atoms with Crippen LogP contribution >= 0.6 is 0 Å². The van der Waals surface area contributed by atoms with Gasteiger partial charge in [-0.15, -0.1) is 0 Å². The first kappa shape index (κ1) is 7.79. The van der Waals surface area contributed by atoms with E-state index in [1.54, 1.807) is 6.07 Å². The van der Waals surface area contributed by atoms with Gasteiger partial charge < -0.3 is 4.42 Å². The van der Waals surface area contributed by atoms with Gasteiger partial charge in [0.2, 0.25) is 5.78 Å². The Hall–Kier alpha value is -1.31. The molecule has 0 fully saturated rings. The number of rotatable bonds is 3. The lowest BCUT2D eigenvalue weighted by molar-refractivity contribution is 0.102. The highest BCUT2D eigenvalue weighted by atomic mass is 16.3. The van der Waals surface area contributed by atoms with Crippen molar-refractivity contribution in [1.82, 2.24) is 0 Å². The summed E-state index contributed by atoms with van der Waals surface area (Å²) in [7, 11) is 0. The van der Waals surface area contributed by atoms with E-state index >= 15 is 0 Å². The second-order valence-electron chi connectivity index (χ2n) is 2.20. The average molecular weight is 150 g/mol. The number of aryl methyl sites for hydroxylation is 1. The molecule has 0 aliphatic carbocycles. The van der Waals surface area contributed by atoms with Crippen LogP contribution in [0.2, 0.25) is 0 Å². The molecular formula is C9H10O2. The Labute approximate surface area is 65.5 Å². The van der Waals surface area contributed by atoms with Crippen LogP contribution in [0.25, 0.3) is 0 Å². The largest absolute Gasteiger partial charge is 0.461 e. The van der Waals surface area contributed by atoms with Gasteiger partial charge in [0.05, 0.1) is 6.26 Å². The van der Waals surface area contributed by atoms with Gasteiger partial charge in [0, 0.05) is 5.56 Å². The topological polar surface area (TPSA) is 30.2 Å². The predicted octanol–water partition coefficient (Wildman–Crippen LogP) is 2.21. The number of carbonyl (C=O) groups excluding carboxylic acids is 1. The Morgan fingerprint density at radius 3 is 3.09 bits per heavy atom. The summed E-state index contributed by atoms with van der Waals surface area (Å²) in [6, 6.07) is 1.80. The Morgan fingerprint density at radius 2 is 2.55 bits per heavy atom. The van der Waals surface area contributed by atoms with Crippen molar-refractivity contribution >= 4 is 5.78 Å². The van der Waals surface area contributed by atoms with Crippen molar-refractivity contribution in [3.8, 4) is 0 Å². The van der Waals surface area contributed by atoms with Crippen LogP contribution in [0, 0.1) is 0 Å². The standard InChI is InChI=1S/C9H10O2/c1-3-7-5-6-11-9(7)8(10)4-2/h4-6H,2-3H2,1H3. The second-order valence-corrected chi connectivity index (χ2v) is 2.20. The van der Waals surface area contributed by atoms with E-state index in [0.29, 0.717) is 5.76 Å². The van der Waals surface area contributed by atoms with Gasteiger partial charge in [0.15, 0.2) is 5.76 Å². The number of hydrogen-bond donors (Lipinski definition) is 0. The van der Waals surface area contributed by atoms with E-state index in [-0.39, 0.29) is 5.78 Å². The van der Waals surface area contributed by atoms with E-state index in [0.717, 1.165) is 12.0 Å². The molecule has 0 aliphatic heterocycles. The summed E-state index contributed by atoms with van der Waals surface area (Å²) in [6.45, 7) is 5.36. The minimum atomic E-state index is -0.146. The zero-order valence-corrected chi connectivity index (χ0v) is 6.46. The highest BCUT2D eigenvalue weighted by Crippen LogP contribution is 2.11. The summed E-state index contributed by atoms with van der Waals surface area (Å²) in [5.41, 5.74) is 0.940. The van der Waals surface area contributed by atoms with Crippen molar-refractivity contribution < 1.29 is 9.21 Å². The fraction of sp³-hybridized carbons (Fsp3) is 0.222. The van der Waals surface area contributed by atoms with Crippen molar-refractivity contribution in [3.05, 3.63) is 36.3 Å². The van der Waals surface area contributed by atoms with Crippen LogP contribution in [0.5, 0.6) is 0 Å². The molecule has 0 radical (unpaired) electrons. The normalized spacial score (nSPS) is 9.55. The highest BCUT2D eigenvalue weighted by Gasteiger charge is 2.09. The predicted molar refractivity (Wildman–Crippen MR) is 42.6 cm³/mol. The summed E-state index contributed by atoms with van der Waals surface area (Å²) in [5.74, 6) is 0.273. The molecule has 0 saturated carbocycles. The quantitative estimate of drug-likeness (QED) is 0.488. The van der Waals surface area contributed by atoms with Gasteiger partial charge >= 0.3 is 0 Å². The molecule has 58 valence electrons. The van der Waals surface area contributed by atoms with Crippen molar-refractivity contribution in [3.63, 3.8) is 0 Å². The van der Waals surface area contributed by atoms with Crippen molar-refractivity contribution in [2.24, 2.45) is 0 Å². The fourth-order valence-corrected chi connectivity index (χ4v) is 0.923. The number of furan rings is 1. The first-order valence-corrected chi connectivity index (χ1v) is 3.52. The Kier molecular flexibility index (Phi) is 2.26. The van der Waals surface area contributed by atoms with Crippen LogP contribution in [-0.2, 0) is 6.42 Å². The van der Waals surface area contributed by atoms with E-state index in [4.69, 9.17) is 4.42 Å². The summed E-state index contributed by atoms with van der Waals surface area (Å²) in [6.07, 6.45) is 3.60. The van der Waals surface area contributed by atoms with E-state index < -0.39 is 0 Å². The molecule has 0 unspecified atom stereocenters. The molecule has 1 heterocycles. The van der Waals surface area contributed by atoms with Crippen molar-refractivity contribution in [2.75, 3.05) is 0 Å². The van der Waals surface area contributed by atoms with Gasteiger partial charge in [-0.25, -0.2) is 0 Å². The van der Waals surface area contributed by atoms with Crippen molar-refractivity contribution in [1.29, 1.82) is 0 Å². The third-order valence-corrected chi connectivity index (χ3v) is 1.54. The summed E-state index contributed by atoms with van der Waals surface area (Å²) >= 11 is 0. The first-order valence-electron chi connectivity index (χ1n) is 3.52. The molecule has 1 aromatic rings. The molecule has 2 nitrogen and oxygen atoms in total. The van der Waals surface area contributed by atoms with Crippen LogP contribution < -0.4 is 0 Å². The summed E-state index contributed by atoms with van der Waals surface area (Å²) in [4.78, 5) is 11.0. The van der Waals surface area contributed by atoms with E-state index in [1.165, 1.54) is 12.3 Å². The first-order chi connectivity index (χ1) is 5.29. The second kappa shape index (κ2) is 3.19. The fourth-order valence-electron chi connectivity index (χ4n) is 0.923. The average Bonchev–Trinajstić information content (AvgIpc) is 2.50. The van der Waals surface area contributed by atoms with E-state index in [9.17, 15) is 4.79 Å². The molecule has 0 atom stereocenters. The minimum absolute atomic E-state index is 0.146. The molecule has 0 aliphatic rings. The molecule has 0 N–H and O–H groups in total. The SMILES string of the molecule is C=CC(=O)c1occc1CC. The zero-order chi connectivity index (χ0) is 8.27. The van der Waals surface area contributed by atoms with Crippen LogP contribution in [-0.4, -0.2) is 5.78 Å². The van der Waals surface area contributed by atoms with Crippen LogP contribution in [0.3, 0.4) is 0 Å². The molecule has 0 spiro atoms. The van der Waals surface area contributed by atoms with E-state index in [1.807, 2.05) is 6.92 Å². The van der Waals surface area contributed by atoms with Crippen LogP contribution in [0.1, 0.15) is 23.0 Å². The molecule has 11 heavy (non-hydrogen) atoms. The van der Waals surface area contributed by atoms with Gasteiger partial charge in [0.1, 0.15) is 0 Å². The van der Waals surface area contributed by atoms with Gasteiger partial charge in [-0.2, -0.15) is 0 Å². The lowest BCUT2D eigenvalue weighted by Crippen LogP contribution is -1.94. The zero-order valence-electron chi connectivity index (χ0n) is 6.46. The third-order valence-electron chi connectivity index (χ3n) is 1.54. The lowest BCUT2D eigenvalue weighted by Gasteiger charge is -1.92. The summed E-state index contributed by atoms with van der Waals surface area (Å²) in [5, 5.41) is 0. The molecule has 0 saturated heterocycles. The smallest absolute Gasteiger partial charge is 0.220 e. The molecule has 2 heteroatoms. The van der Waals surface area contributed by atoms with Gasteiger partial charge in [0.25, 0.3) is 0 Å². The number of allylic oxidation sites excluding steroid dienone is 1. The number of carbonyl (C=O) groups is 1. The van der Waals surface area contributed by atoms with Crippen molar-refractivity contribution in [2.45, 2.75) is 13.3 Å². The number of hydrogen-bond acceptors (Lipinski definition) is 2. The number of ketones is 1. The highest BCUT2D eigenvalue weighted by molar-refractivity contribution is 6.02. The Balaban J connectivity index is 3.01. The van der Waals surface area contributed by atoms with Gasteiger partial charge in [-0.05, 0) is 18.6 Å². The molecule has 0 bridgehead atoms. The lowest BCUT2D eigenvalue weighted by atomic mass is 10.1. The minimum Gasteiger partial charge on any atom is -0.461 e. The molecular weight excluding hydrogens is 140 g/mol. The molecule has 0 amide bonds. The van der Waals surface area contributed by atoms with Crippen LogP contribution in [0.15, 0.2) is 29.4 Å².